The molecule has 27 heavy (non-hydrogen) atoms. The van der Waals surface area contributed by atoms with Crippen molar-refractivity contribution in [3.8, 4) is 0 Å². The van der Waals surface area contributed by atoms with E-state index < -0.39 is 18.2 Å². The summed E-state index contributed by atoms with van der Waals surface area (Å²) in [4.78, 5) is 15.4. The number of nitrogens with one attached hydrogen (secondary N) is 1. The number of nitrogens with zero attached hydrogens (tertiary/aromatic N) is 4. The molecule has 0 bridgehead atoms. The number of rotatable bonds is 5. The Bertz CT molecular complexity index is 994. The normalized spacial score (nSPS) is 22.2. The van der Waals surface area contributed by atoms with Gasteiger partial charge in [-0.15, -0.1) is 22.0 Å². The Balaban J connectivity index is 1.58. The molecule has 0 aliphatic carbocycles. The van der Waals surface area contributed by atoms with Gasteiger partial charge in [-0.25, -0.2) is 9.78 Å². The van der Waals surface area contributed by atoms with Gasteiger partial charge in [-0.3, -0.25) is 4.40 Å². The molecule has 1 fully saturated rings. The van der Waals surface area contributed by atoms with E-state index in [1.807, 2.05) is 6.07 Å². The summed E-state index contributed by atoms with van der Waals surface area (Å²) in [6, 6.07) is 6.64. The molecule has 0 spiro atoms. The van der Waals surface area contributed by atoms with Gasteiger partial charge >= 0.3 is 5.97 Å². The third-order valence-corrected chi connectivity index (χ3v) is 5.78. The maximum Gasteiger partial charge on any atom is 0.335 e. The number of aliphatic hydroxyl groups is 2. The minimum absolute atomic E-state index is 0.219. The SMILES string of the molecule is O=C(O)c1cccc(CNc2nccn3c([C@@H]4SC[C@@H](O)[C@H]4O)nnc23)c1. The van der Waals surface area contributed by atoms with Crippen molar-refractivity contribution in [1.82, 2.24) is 19.6 Å². The summed E-state index contributed by atoms with van der Waals surface area (Å²) in [6.45, 7) is 0.371. The average molecular weight is 387 g/mol. The number of carbonyl (C=O) groups is 1. The summed E-state index contributed by atoms with van der Waals surface area (Å²) in [6.07, 6.45) is 1.62. The molecule has 3 aromatic rings. The van der Waals surface area contributed by atoms with Crippen LogP contribution in [0.25, 0.3) is 5.65 Å². The lowest BCUT2D eigenvalue weighted by Crippen LogP contribution is -2.25. The molecule has 4 N–H and O–H groups in total. The Morgan fingerprint density at radius 2 is 2.19 bits per heavy atom. The molecule has 140 valence electrons. The van der Waals surface area contributed by atoms with E-state index in [-0.39, 0.29) is 10.8 Å². The van der Waals surface area contributed by atoms with Gasteiger partial charge in [-0.05, 0) is 17.7 Å². The second-order valence-corrected chi connectivity index (χ2v) is 7.37. The van der Waals surface area contributed by atoms with Crippen LogP contribution in [0.5, 0.6) is 0 Å². The van der Waals surface area contributed by atoms with Gasteiger partial charge in [0.2, 0.25) is 5.65 Å². The molecule has 3 atom stereocenters. The number of aromatic carboxylic acids is 1. The summed E-state index contributed by atoms with van der Waals surface area (Å²) < 4.78 is 1.74. The predicted molar refractivity (Wildman–Crippen MR) is 98.7 cm³/mol. The first kappa shape index (κ1) is 17.7. The quantitative estimate of drug-likeness (QED) is 0.505. The molecule has 1 aromatic carbocycles. The Hall–Kier alpha value is -2.69. The van der Waals surface area contributed by atoms with Gasteiger partial charge in [0.1, 0.15) is 0 Å². The van der Waals surface area contributed by atoms with Crippen molar-refractivity contribution in [3.05, 3.63) is 53.6 Å². The van der Waals surface area contributed by atoms with E-state index in [4.69, 9.17) is 5.11 Å². The lowest BCUT2D eigenvalue weighted by Gasteiger charge is -2.13. The highest BCUT2D eigenvalue weighted by Gasteiger charge is 2.38. The van der Waals surface area contributed by atoms with Gasteiger partial charge in [0.25, 0.3) is 0 Å². The van der Waals surface area contributed by atoms with Crippen LogP contribution >= 0.6 is 11.8 Å². The zero-order chi connectivity index (χ0) is 19.0. The fourth-order valence-electron chi connectivity index (χ4n) is 2.99. The molecule has 1 saturated heterocycles. The second-order valence-electron chi connectivity index (χ2n) is 6.20. The molecule has 10 heteroatoms. The molecule has 0 unspecified atom stereocenters. The van der Waals surface area contributed by atoms with Gasteiger partial charge < -0.3 is 20.6 Å². The van der Waals surface area contributed by atoms with Crippen LogP contribution in [-0.2, 0) is 6.54 Å². The summed E-state index contributed by atoms with van der Waals surface area (Å²) in [7, 11) is 0. The van der Waals surface area contributed by atoms with Gasteiger partial charge in [-0.2, -0.15) is 0 Å². The monoisotopic (exact) mass is 387 g/mol. The fourth-order valence-corrected chi connectivity index (χ4v) is 4.28. The van der Waals surface area contributed by atoms with Crippen molar-refractivity contribution in [2.75, 3.05) is 11.1 Å². The largest absolute Gasteiger partial charge is 0.478 e. The van der Waals surface area contributed by atoms with Crippen molar-refractivity contribution in [2.45, 2.75) is 24.0 Å². The lowest BCUT2D eigenvalue weighted by molar-refractivity contribution is 0.0404. The van der Waals surface area contributed by atoms with Crippen LogP contribution in [0.4, 0.5) is 5.82 Å². The standard InChI is InChI=1S/C17H17N5O4S/c23-11-8-27-13(12(11)24)15-20-21-16-14(18-4-5-22(15)16)19-7-9-2-1-3-10(6-9)17(25)26/h1-6,11-13,23-24H,7-8H2,(H,18,19)(H,25,26)/t11-,12-,13-/m1/s1. The molecular weight excluding hydrogens is 370 g/mol. The van der Waals surface area contributed by atoms with Crippen LogP contribution in [0, 0.1) is 0 Å². The second kappa shape index (κ2) is 7.14. The first-order chi connectivity index (χ1) is 13.0. The highest BCUT2D eigenvalue weighted by atomic mass is 32.2. The van der Waals surface area contributed by atoms with Gasteiger partial charge in [0.05, 0.1) is 23.0 Å². The number of fused-ring (bicyclic) bond motifs is 1. The number of aliphatic hydroxyl groups excluding tert-OH is 2. The number of hydrogen-bond donors (Lipinski definition) is 4. The molecule has 0 saturated carbocycles. The van der Waals surface area contributed by atoms with Crippen molar-refractivity contribution in [2.24, 2.45) is 0 Å². The Kier molecular flexibility index (Phi) is 4.68. The van der Waals surface area contributed by atoms with Crippen molar-refractivity contribution in [1.29, 1.82) is 0 Å². The molecular formula is C17H17N5O4S. The Morgan fingerprint density at radius 3 is 2.93 bits per heavy atom. The van der Waals surface area contributed by atoms with Crippen molar-refractivity contribution >= 4 is 29.2 Å². The van der Waals surface area contributed by atoms with Crippen LogP contribution in [0.1, 0.15) is 27.0 Å². The summed E-state index contributed by atoms with van der Waals surface area (Å²) in [5.41, 5.74) is 1.51. The summed E-state index contributed by atoms with van der Waals surface area (Å²) in [5, 5.41) is 40.1. The van der Waals surface area contributed by atoms with E-state index in [0.29, 0.717) is 29.6 Å². The predicted octanol–water partition coefficient (Wildman–Crippen LogP) is 0.944. The lowest BCUT2D eigenvalue weighted by atomic mass is 10.1. The van der Waals surface area contributed by atoms with Gasteiger partial charge in [-0.1, -0.05) is 12.1 Å². The van der Waals surface area contributed by atoms with Crippen LogP contribution < -0.4 is 5.32 Å². The van der Waals surface area contributed by atoms with Gasteiger partial charge in [0, 0.05) is 24.7 Å². The average Bonchev–Trinajstić information content (AvgIpc) is 3.24. The minimum atomic E-state index is -0.978. The number of carboxylic acid groups (broad SMARTS) is 1. The molecule has 2 aromatic heterocycles. The molecule has 0 radical (unpaired) electrons. The minimum Gasteiger partial charge on any atom is -0.478 e. The van der Waals surface area contributed by atoms with Crippen LogP contribution in [-0.4, -0.2) is 58.8 Å². The smallest absolute Gasteiger partial charge is 0.335 e. The number of anilines is 1. The highest BCUT2D eigenvalue weighted by Crippen LogP contribution is 2.39. The van der Waals surface area contributed by atoms with Gasteiger partial charge in [0.15, 0.2) is 11.6 Å². The Labute approximate surface area is 158 Å². The van der Waals surface area contributed by atoms with E-state index in [9.17, 15) is 15.0 Å². The van der Waals surface area contributed by atoms with Crippen LogP contribution in [0.3, 0.4) is 0 Å². The molecule has 1 aliphatic heterocycles. The topological polar surface area (TPSA) is 133 Å². The van der Waals surface area contributed by atoms with E-state index in [1.54, 1.807) is 28.9 Å². The summed E-state index contributed by atoms with van der Waals surface area (Å²) in [5.74, 6) is 0.512. The number of hydrogen-bond acceptors (Lipinski definition) is 8. The molecule has 9 nitrogen and oxygen atoms in total. The van der Waals surface area contributed by atoms with E-state index in [2.05, 4.69) is 20.5 Å². The first-order valence-electron chi connectivity index (χ1n) is 8.28. The molecule has 1 aliphatic rings. The summed E-state index contributed by atoms with van der Waals surface area (Å²) >= 11 is 1.43. The third-order valence-electron chi connectivity index (χ3n) is 4.39. The zero-order valence-corrected chi connectivity index (χ0v) is 14.9. The zero-order valence-electron chi connectivity index (χ0n) is 14.1. The molecule has 4 rings (SSSR count). The number of carboxylic acids is 1. The number of benzene rings is 1. The van der Waals surface area contributed by atoms with Crippen molar-refractivity contribution in [3.63, 3.8) is 0 Å². The molecule has 0 amide bonds. The van der Waals surface area contributed by atoms with E-state index in [0.717, 1.165) is 5.56 Å². The van der Waals surface area contributed by atoms with Crippen molar-refractivity contribution < 1.29 is 20.1 Å². The number of thioether (sulfide) groups is 1. The maximum atomic E-state index is 11.1. The van der Waals surface area contributed by atoms with Crippen LogP contribution in [0.2, 0.25) is 0 Å². The highest BCUT2D eigenvalue weighted by molar-refractivity contribution is 7.99. The maximum absolute atomic E-state index is 11.1. The van der Waals surface area contributed by atoms with E-state index >= 15 is 0 Å². The fraction of sp³-hybridized carbons (Fsp3) is 0.294. The third kappa shape index (κ3) is 3.34. The van der Waals surface area contributed by atoms with E-state index in [1.165, 1.54) is 17.8 Å². The Morgan fingerprint density at radius 1 is 1.33 bits per heavy atom. The first-order valence-corrected chi connectivity index (χ1v) is 9.33. The molecule has 3 heterocycles. The van der Waals surface area contributed by atoms with Crippen LogP contribution in [0.15, 0.2) is 36.7 Å². The number of aromatic nitrogens is 4.